The summed E-state index contributed by atoms with van der Waals surface area (Å²) >= 11 is 0. The number of nitrogens with two attached hydrogens (primary N) is 1. The molecule has 0 radical (unpaired) electrons. The van der Waals surface area contributed by atoms with Crippen LogP contribution in [-0.2, 0) is 6.42 Å². The molecule has 0 bridgehead atoms. The maximum Gasteiger partial charge on any atom is 0.289 e. The molecule has 0 atom stereocenters. The molecule has 102 valence electrons. The molecule has 0 aromatic carbocycles. The zero-order valence-electron chi connectivity index (χ0n) is 12.0. The summed E-state index contributed by atoms with van der Waals surface area (Å²) in [5, 5.41) is 0. The smallest absolute Gasteiger partial charge is 0.289 e. The quantitative estimate of drug-likeness (QED) is 0.874. The minimum absolute atomic E-state index is 0.0837. The number of carbonyl (C=O) groups excluding carboxylic acids is 1. The van der Waals surface area contributed by atoms with Crippen LogP contribution in [0.2, 0.25) is 0 Å². The number of rotatable bonds is 5. The molecule has 0 aliphatic rings. The summed E-state index contributed by atoms with van der Waals surface area (Å²) in [5.41, 5.74) is 6.63. The lowest BCUT2D eigenvalue weighted by molar-refractivity contribution is 0.0707. The molecule has 18 heavy (non-hydrogen) atoms. The third-order valence-corrected chi connectivity index (χ3v) is 3.12. The molecule has 0 aliphatic carbocycles. The van der Waals surface area contributed by atoms with Crippen LogP contribution >= 0.6 is 0 Å². The van der Waals surface area contributed by atoms with Gasteiger partial charge in [-0.25, -0.2) is 0 Å². The molecule has 0 saturated carbocycles. The number of furan rings is 1. The van der Waals surface area contributed by atoms with Crippen LogP contribution < -0.4 is 5.73 Å². The Kier molecular flexibility index (Phi) is 4.57. The van der Waals surface area contributed by atoms with Gasteiger partial charge in [0.05, 0.1) is 0 Å². The van der Waals surface area contributed by atoms with E-state index in [-0.39, 0.29) is 11.3 Å². The molecule has 1 aromatic rings. The van der Waals surface area contributed by atoms with Gasteiger partial charge in [0, 0.05) is 20.0 Å². The van der Waals surface area contributed by atoms with Crippen molar-refractivity contribution < 1.29 is 9.21 Å². The molecule has 1 aromatic heterocycles. The van der Waals surface area contributed by atoms with E-state index in [9.17, 15) is 4.79 Å². The van der Waals surface area contributed by atoms with E-state index in [1.165, 1.54) is 0 Å². The highest BCUT2D eigenvalue weighted by molar-refractivity contribution is 5.91. The Morgan fingerprint density at radius 3 is 2.56 bits per heavy atom. The fraction of sp³-hybridized carbons (Fsp3) is 0.643. The topological polar surface area (TPSA) is 59.5 Å². The molecule has 1 rings (SSSR count). The van der Waals surface area contributed by atoms with E-state index in [1.54, 1.807) is 11.9 Å². The fourth-order valence-electron chi connectivity index (χ4n) is 1.94. The fourth-order valence-corrected chi connectivity index (χ4v) is 1.94. The van der Waals surface area contributed by atoms with Crippen molar-refractivity contribution in [2.24, 2.45) is 11.1 Å². The summed E-state index contributed by atoms with van der Waals surface area (Å²) in [6.45, 7) is 9.22. The number of aryl methyl sites for hydroxylation is 2. The van der Waals surface area contributed by atoms with Gasteiger partial charge in [0.15, 0.2) is 5.76 Å². The van der Waals surface area contributed by atoms with Gasteiger partial charge in [0.25, 0.3) is 5.91 Å². The third-order valence-electron chi connectivity index (χ3n) is 3.12. The Morgan fingerprint density at radius 1 is 1.50 bits per heavy atom. The second-order valence-electron chi connectivity index (χ2n) is 5.60. The number of carbonyl (C=O) groups is 1. The molecule has 0 unspecified atom stereocenters. The van der Waals surface area contributed by atoms with E-state index < -0.39 is 0 Å². The predicted octanol–water partition coefficient (Wildman–Crippen LogP) is 2.21. The van der Waals surface area contributed by atoms with Crippen molar-refractivity contribution in [1.29, 1.82) is 0 Å². The number of nitrogens with zero attached hydrogens (tertiary/aromatic N) is 1. The lowest BCUT2D eigenvalue weighted by atomic mass is 9.93. The average Bonchev–Trinajstić information content (AvgIpc) is 2.69. The standard InChI is InChI=1S/C14H24N2O2/c1-6-11-10(2)7-12(18-11)13(17)16(5)9-14(3,4)8-15/h7H,6,8-9,15H2,1-5H3. The largest absolute Gasteiger partial charge is 0.456 e. The molecule has 4 nitrogen and oxygen atoms in total. The first-order valence-corrected chi connectivity index (χ1v) is 6.35. The normalized spacial score (nSPS) is 11.7. The van der Waals surface area contributed by atoms with Crippen LogP contribution in [0.4, 0.5) is 0 Å². The van der Waals surface area contributed by atoms with Crippen LogP contribution in [-0.4, -0.2) is 30.9 Å². The zero-order valence-corrected chi connectivity index (χ0v) is 12.0. The van der Waals surface area contributed by atoms with Crippen LogP contribution in [0.3, 0.4) is 0 Å². The summed E-state index contributed by atoms with van der Waals surface area (Å²) in [7, 11) is 1.78. The molecule has 1 amide bonds. The maximum absolute atomic E-state index is 12.2. The first-order valence-electron chi connectivity index (χ1n) is 6.35. The molecule has 4 heteroatoms. The Morgan fingerprint density at radius 2 is 2.11 bits per heavy atom. The Bertz CT molecular complexity index is 421. The number of hydrogen-bond donors (Lipinski definition) is 1. The summed E-state index contributed by atoms with van der Waals surface area (Å²) in [6.07, 6.45) is 0.803. The van der Waals surface area contributed by atoms with Gasteiger partial charge in [-0.3, -0.25) is 4.79 Å². The molecule has 1 heterocycles. The monoisotopic (exact) mass is 252 g/mol. The van der Waals surface area contributed by atoms with Crippen molar-refractivity contribution in [3.05, 3.63) is 23.2 Å². The maximum atomic E-state index is 12.2. The van der Waals surface area contributed by atoms with E-state index in [1.807, 2.05) is 33.8 Å². The van der Waals surface area contributed by atoms with Crippen molar-refractivity contribution >= 4 is 5.91 Å². The zero-order chi connectivity index (χ0) is 13.9. The Balaban J connectivity index is 2.80. The highest BCUT2D eigenvalue weighted by Crippen LogP contribution is 2.19. The molecule has 2 N–H and O–H groups in total. The van der Waals surface area contributed by atoms with Gasteiger partial charge in [-0.2, -0.15) is 0 Å². The predicted molar refractivity (Wildman–Crippen MR) is 72.6 cm³/mol. The number of hydrogen-bond acceptors (Lipinski definition) is 3. The summed E-state index contributed by atoms with van der Waals surface area (Å²) in [6, 6.07) is 1.81. The van der Waals surface area contributed by atoms with Crippen LogP contribution in [0, 0.1) is 12.3 Å². The molecule has 0 spiro atoms. The van der Waals surface area contributed by atoms with Gasteiger partial charge in [-0.15, -0.1) is 0 Å². The van der Waals surface area contributed by atoms with Gasteiger partial charge in [-0.05, 0) is 30.5 Å². The van der Waals surface area contributed by atoms with Gasteiger partial charge in [-0.1, -0.05) is 20.8 Å². The van der Waals surface area contributed by atoms with Crippen molar-refractivity contribution in [3.8, 4) is 0 Å². The van der Waals surface area contributed by atoms with Crippen molar-refractivity contribution in [2.75, 3.05) is 20.1 Å². The SMILES string of the molecule is CCc1oc(C(=O)N(C)CC(C)(C)CN)cc1C. The molecule has 0 saturated heterocycles. The number of amides is 1. The first kappa shape index (κ1) is 14.8. The minimum atomic E-state index is -0.0840. The van der Waals surface area contributed by atoms with Crippen molar-refractivity contribution in [3.63, 3.8) is 0 Å². The van der Waals surface area contributed by atoms with E-state index in [2.05, 4.69) is 0 Å². The summed E-state index contributed by atoms with van der Waals surface area (Å²) < 4.78 is 5.57. The van der Waals surface area contributed by atoms with Gasteiger partial charge in [0.2, 0.25) is 0 Å². The van der Waals surface area contributed by atoms with Gasteiger partial charge < -0.3 is 15.1 Å². The van der Waals surface area contributed by atoms with Crippen molar-refractivity contribution in [1.82, 2.24) is 4.90 Å². The van der Waals surface area contributed by atoms with E-state index in [4.69, 9.17) is 10.2 Å². The minimum Gasteiger partial charge on any atom is -0.456 e. The Hall–Kier alpha value is -1.29. The van der Waals surface area contributed by atoms with Gasteiger partial charge in [0.1, 0.15) is 5.76 Å². The first-order chi connectivity index (χ1) is 8.30. The molecular weight excluding hydrogens is 228 g/mol. The summed E-state index contributed by atoms with van der Waals surface area (Å²) in [5.74, 6) is 1.21. The second kappa shape index (κ2) is 5.57. The van der Waals surface area contributed by atoms with Crippen LogP contribution in [0.5, 0.6) is 0 Å². The highest BCUT2D eigenvalue weighted by atomic mass is 16.4. The van der Waals surface area contributed by atoms with Crippen molar-refractivity contribution in [2.45, 2.75) is 34.1 Å². The molecule has 0 aliphatic heterocycles. The lowest BCUT2D eigenvalue weighted by Gasteiger charge is -2.28. The lowest BCUT2D eigenvalue weighted by Crippen LogP contribution is -2.39. The van der Waals surface area contributed by atoms with E-state index in [0.29, 0.717) is 18.8 Å². The Labute approximate surface area is 109 Å². The van der Waals surface area contributed by atoms with E-state index >= 15 is 0 Å². The highest BCUT2D eigenvalue weighted by Gasteiger charge is 2.24. The van der Waals surface area contributed by atoms with Crippen LogP contribution in [0.25, 0.3) is 0 Å². The molecule has 0 fully saturated rings. The molecular formula is C14H24N2O2. The van der Waals surface area contributed by atoms with Gasteiger partial charge >= 0.3 is 0 Å². The van der Waals surface area contributed by atoms with E-state index in [0.717, 1.165) is 17.7 Å². The second-order valence-corrected chi connectivity index (χ2v) is 5.60. The third kappa shape index (κ3) is 3.35. The average molecular weight is 252 g/mol. The van der Waals surface area contributed by atoms with Crippen LogP contribution in [0.15, 0.2) is 10.5 Å². The van der Waals surface area contributed by atoms with Crippen LogP contribution in [0.1, 0.15) is 42.6 Å². The summed E-state index contributed by atoms with van der Waals surface area (Å²) in [4.78, 5) is 13.9.